The van der Waals surface area contributed by atoms with E-state index < -0.39 is 0 Å². The first-order valence-corrected chi connectivity index (χ1v) is 9.78. The minimum Gasteiger partial charge on any atom is -0.457 e. The van der Waals surface area contributed by atoms with Crippen LogP contribution in [0.25, 0.3) is 17.4 Å². The molecule has 1 fully saturated rings. The lowest BCUT2D eigenvalue weighted by Crippen LogP contribution is -2.29. The number of rotatable bonds is 6. The van der Waals surface area contributed by atoms with Gasteiger partial charge in [-0.05, 0) is 58.4 Å². The van der Waals surface area contributed by atoms with E-state index in [1.165, 1.54) is 4.90 Å². The van der Waals surface area contributed by atoms with Crippen LogP contribution in [-0.2, 0) is 9.53 Å². The summed E-state index contributed by atoms with van der Waals surface area (Å²) >= 11 is 10.4. The third-order valence-corrected chi connectivity index (χ3v) is 5.85. The third kappa shape index (κ3) is 4.23. The molecular formula is C18H15BrClNO4S. The Morgan fingerprint density at radius 2 is 2.12 bits per heavy atom. The second-order valence-corrected chi connectivity index (χ2v) is 7.77. The standard InChI is InChI=1S/C18H15BrClNO4S/c1-24-8-2-7-21-17(22)16(26-18(21)23)10-12-4-6-15(25-12)11-3-5-13(19)14(20)9-11/h3-6,9-10H,2,7-8H2,1H3/b16-10+. The Morgan fingerprint density at radius 3 is 2.85 bits per heavy atom. The van der Waals surface area contributed by atoms with Crippen LogP contribution in [0.2, 0.25) is 5.02 Å². The number of carbonyl (C=O) groups is 2. The average Bonchev–Trinajstić information content (AvgIpc) is 3.18. The molecule has 2 heterocycles. The van der Waals surface area contributed by atoms with Crippen LogP contribution in [0.15, 0.2) is 44.1 Å². The highest BCUT2D eigenvalue weighted by Gasteiger charge is 2.34. The Labute approximate surface area is 168 Å². The van der Waals surface area contributed by atoms with Gasteiger partial charge in [-0.25, -0.2) is 0 Å². The van der Waals surface area contributed by atoms with E-state index in [-0.39, 0.29) is 11.1 Å². The zero-order chi connectivity index (χ0) is 18.7. The molecule has 0 atom stereocenters. The number of halogens is 2. The lowest BCUT2D eigenvalue weighted by atomic mass is 10.2. The van der Waals surface area contributed by atoms with Crippen molar-refractivity contribution in [3.05, 3.63) is 50.5 Å². The molecule has 2 aromatic rings. The smallest absolute Gasteiger partial charge is 0.293 e. The van der Waals surface area contributed by atoms with Gasteiger partial charge >= 0.3 is 0 Å². The number of benzene rings is 1. The van der Waals surface area contributed by atoms with E-state index in [0.717, 1.165) is 21.8 Å². The maximum atomic E-state index is 12.4. The van der Waals surface area contributed by atoms with Crippen LogP contribution in [-0.4, -0.2) is 36.3 Å². The van der Waals surface area contributed by atoms with Gasteiger partial charge in [-0.15, -0.1) is 0 Å². The zero-order valence-corrected chi connectivity index (χ0v) is 17.0. The van der Waals surface area contributed by atoms with Crippen molar-refractivity contribution in [3.63, 3.8) is 0 Å². The summed E-state index contributed by atoms with van der Waals surface area (Å²) in [6, 6.07) is 9.06. The molecule has 1 aliphatic rings. The van der Waals surface area contributed by atoms with E-state index in [1.807, 2.05) is 12.1 Å². The molecule has 26 heavy (non-hydrogen) atoms. The predicted octanol–water partition coefficient (Wildman–Crippen LogP) is 5.44. The molecule has 8 heteroatoms. The van der Waals surface area contributed by atoms with Gasteiger partial charge in [0, 0.05) is 36.4 Å². The Balaban J connectivity index is 1.76. The SMILES string of the molecule is COCCCN1C(=O)S/C(=C/c2ccc(-c3ccc(Br)c(Cl)c3)o2)C1=O. The van der Waals surface area contributed by atoms with Gasteiger partial charge in [-0.1, -0.05) is 17.7 Å². The fourth-order valence-corrected chi connectivity index (χ4v) is 3.70. The van der Waals surface area contributed by atoms with Gasteiger partial charge < -0.3 is 9.15 Å². The van der Waals surface area contributed by atoms with Crippen molar-refractivity contribution in [3.8, 4) is 11.3 Å². The van der Waals surface area contributed by atoms with E-state index >= 15 is 0 Å². The first-order chi connectivity index (χ1) is 12.5. The van der Waals surface area contributed by atoms with E-state index in [0.29, 0.717) is 41.0 Å². The van der Waals surface area contributed by atoms with Crippen LogP contribution >= 0.6 is 39.3 Å². The van der Waals surface area contributed by atoms with Gasteiger partial charge in [0.1, 0.15) is 11.5 Å². The van der Waals surface area contributed by atoms with Crippen LogP contribution in [0.3, 0.4) is 0 Å². The van der Waals surface area contributed by atoms with E-state index in [1.54, 1.807) is 31.4 Å². The summed E-state index contributed by atoms with van der Waals surface area (Å²) in [6.45, 7) is 0.842. The van der Waals surface area contributed by atoms with Gasteiger partial charge in [0.05, 0.1) is 9.93 Å². The highest BCUT2D eigenvalue weighted by Crippen LogP contribution is 2.34. The van der Waals surface area contributed by atoms with Crippen LogP contribution in [0.1, 0.15) is 12.2 Å². The van der Waals surface area contributed by atoms with E-state index in [9.17, 15) is 9.59 Å². The molecular weight excluding hydrogens is 442 g/mol. The number of imide groups is 1. The summed E-state index contributed by atoms with van der Waals surface area (Å²) in [7, 11) is 1.58. The Morgan fingerprint density at radius 1 is 1.31 bits per heavy atom. The van der Waals surface area contributed by atoms with Gasteiger partial charge in [0.15, 0.2) is 0 Å². The second-order valence-electron chi connectivity index (χ2n) is 5.51. The van der Waals surface area contributed by atoms with Gasteiger partial charge in [0.25, 0.3) is 11.1 Å². The highest BCUT2D eigenvalue weighted by molar-refractivity contribution is 9.10. The van der Waals surface area contributed by atoms with Gasteiger partial charge in [0.2, 0.25) is 0 Å². The number of nitrogens with zero attached hydrogens (tertiary/aromatic N) is 1. The maximum Gasteiger partial charge on any atom is 0.293 e. The van der Waals surface area contributed by atoms with Crippen molar-refractivity contribution >= 4 is 56.5 Å². The first kappa shape index (κ1) is 19.2. The van der Waals surface area contributed by atoms with Crippen molar-refractivity contribution in [1.82, 2.24) is 4.90 Å². The lowest BCUT2D eigenvalue weighted by Gasteiger charge is -2.11. The summed E-state index contributed by atoms with van der Waals surface area (Å²) in [5.41, 5.74) is 0.825. The molecule has 0 bridgehead atoms. The van der Waals surface area contributed by atoms with Crippen LogP contribution in [0, 0.1) is 0 Å². The minimum absolute atomic E-state index is 0.274. The molecule has 1 aromatic carbocycles. The number of hydrogen-bond acceptors (Lipinski definition) is 5. The van der Waals surface area contributed by atoms with Crippen molar-refractivity contribution in [2.24, 2.45) is 0 Å². The topological polar surface area (TPSA) is 59.8 Å². The number of carbonyl (C=O) groups excluding carboxylic acids is 2. The number of hydrogen-bond donors (Lipinski definition) is 0. The Bertz CT molecular complexity index is 880. The quantitative estimate of drug-likeness (QED) is 0.428. The van der Waals surface area contributed by atoms with Crippen LogP contribution in [0.5, 0.6) is 0 Å². The number of amides is 2. The largest absolute Gasteiger partial charge is 0.457 e. The molecule has 1 aromatic heterocycles. The molecule has 1 saturated heterocycles. The summed E-state index contributed by atoms with van der Waals surface area (Å²) in [5, 5.41) is 0.307. The van der Waals surface area contributed by atoms with Crippen molar-refractivity contribution in [1.29, 1.82) is 0 Å². The molecule has 1 aliphatic heterocycles. The summed E-state index contributed by atoms with van der Waals surface area (Å²) in [5.74, 6) is 0.826. The maximum absolute atomic E-state index is 12.4. The Kier molecular flexibility index (Phi) is 6.24. The molecule has 0 saturated carbocycles. The summed E-state index contributed by atoms with van der Waals surface area (Å²) < 4.78 is 11.5. The molecule has 5 nitrogen and oxygen atoms in total. The van der Waals surface area contributed by atoms with E-state index in [4.69, 9.17) is 20.8 Å². The predicted molar refractivity (Wildman–Crippen MR) is 106 cm³/mol. The zero-order valence-electron chi connectivity index (χ0n) is 13.8. The number of methoxy groups -OCH3 is 1. The Hall–Kier alpha value is -1.54. The molecule has 0 N–H and O–H groups in total. The fraction of sp³-hybridized carbons (Fsp3) is 0.222. The minimum atomic E-state index is -0.305. The third-order valence-electron chi connectivity index (χ3n) is 3.71. The van der Waals surface area contributed by atoms with Gasteiger partial charge in [-0.3, -0.25) is 14.5 Å². The number of furan rings is 1. The number of ether oxygens (including phenoxy) is 1. The molecule has 0 aliphatic carbocycles. The monoisotopic (exact) mass is 455 g/mol. The van der Waals surface area contributed by atoms with E-state index in [2.05, 4.69) is 15.9 Å². The van der Waals surface area contributed by atoms with Crippen molar-refractivity contribution < 1.29 is 18.7 Å². The fourth-order valence-electron chi connectivity index (χ4n) is 2.42. The highest BCUT2D eigenvalue weighted by atomic mass is 79.9. The average molecular weight is 457 g/mol. The molecule has 136 valence electrons. The van der Waals surface area contributed by atoms with Crippen LogP contribution < -0.4 is 0 Å². The van der Waals surface area contributed by atoms with Crippen molar-refractivity contribution in [2.45, 2.75) is 6.42 Å². The second kappa shape index (κ2) is 8.43. The number of thioether (sulfide) groups is 1. The van der Waals surface area contributed by atoms with Crippen molar-refractivity contribution in [2.75, 3.05) is 20.3 Å². The molecule has 3 rings (SSSR count). The summed E-state index contributed by atoms with van der Waals surface area (Å²) in [4.78, 5) is 26.0. The summed E-state index contributed by atoms with van der Waals surface area (Å²) in [6.07, 6.45) is 2.20. The molecule has 0 radical (unpaired) electrons. The first-order valence-electron chi connectivity index (χ1n) is 7.79. The molecule has 0 unspecified atom stereocenters. The van der Waals surface area contributed by atoms with Gasteiger partial charge in [-0.2, -0.15) is 0 Å². The normalized spacial score (nSPS) is 16.1. The van der Waals surface area contributed by atoms with Crippen LogP contribution in [0.4, 0.5) is 4.79 Å². The molecule has 2 amide bonds. The molecule has 0 spiro atoms. The lowest BCUT2D eigenvalue weighted by molar-refractivity contribution is -0.122.